The van der Waals surface area contributed by atoms with Crippen LogP contribution in [0.4, 0.5) is 0 Å². The maximum absolute atomic E-state index is 9.13. The van der Waals surface area contributed by atoms with E-state index in [1.165, 1.54) is 6.33 Å². The predicted octanol–water partition coefficient (Wildman–Crippen LogP) is 3.93. The zero-order chi connectivity index (χ0) is 15.2. The van der Waals surface area contributed by atoms with E-state index in [1.54, 1.807) is 30.5 Å². The Morgan fingerprint density at radius 2 is 1.64 bits per heavy atom. The fraction of sp³-hybridized carbons (Fsp3) is 0. The van der Waals surface area contributed by atoms with Crippen LogP contribution >= 0.6 is 0 Å². The van der Waals surface area contributed by atoms with E-state index in [4.69, 9.17) is 14.7 Å². The van der Waals surface area contributed by atoms with Crippen LogP contribution in [0.1, 0.15) is 5.56 Å². The van der Waals surface area contributed by atoms with Gasteiger partial charge in [0.15, 0.2) is 0 Å². The molecule has 1 heterocycles. The van der Waals surface area contributed by atoms with Crippen LogP contribution in [-0.2, 0) is 0 Å². The number of rotatable bonds is 4. The van der Waals surface area contributed by atoms with Crippen molar-refractivity contribution in [3.8, 4) is 29.2 Å². The van der Waals surface area contributed by atoms with Crippen LogP contribution in [0.5, 0.6) is 23.1 Å². The van der Waals surface area contributed by atoms with Crippen molar-refractivity contribution in [2.75, 3.05) is 0 Å². The number of ether oxygens (including phenoxy) is 2. The fourth-order valence-corrected chi connectivity index (χ4v) is 1.84. The van der Waals surface area contributed by atoms with E-state index in [9.17, 15) is 0 Å². The Kier molecular flexibility index (Phi) is 3.94. The van der Waals surface area contributed by atoms with Crippen molar-refractivity contribution in [2.45, 2.75) is 0 Å². The molecule has 0 unspecified atom stereocenters. The normalized spacial score (nSPS) is 9.77. The van der Waals surface area contributed by atoms with Crippen molar-refractivity contribution in [3.63, 3.8) is 0 Å². The summed E-state index contributed by atoms with van der Waals surface area (Å²) in [6.45, 7) is 0. The van der Waals surface area contributed by atoms with Crippen molar-refractivity contribution < 1.29 is 9.47 Å². The van der Waals surface area contributed by atoms with Crippen LogP contribution in [-0.4, -0.2) is 9.97 Å². The van der Waals surface area contributed by atoms with Gasteiger partial charge in [-0.25, -0.2) is 9.97 Å². The minimum absolute atomic E-state index is 0.399. The van der Waals surface area contributed by atoms with Gasteiger partial charge >= 0.3 is 0 Å². The van der Waals surface area contributed by atoms with Gasteiger partial charge in [0, 0.05) is 18.3 Å². The second kappa shape index (κ2) is 6.37. The highest BCUT2D eigenvalue weighted by atomic mass is 16.5. The molecule has 3 rings (SSSR count). The number of hydrogen-bond acceptors (Lipinski definition) is 5. The van der Waals surface area contributed by atoms with Gasteiger partial charge in [-0.15, -0.1) is 0 Å². The van der Waals surface area contributed by atoms with Crippen molar-refractivity contribution in [3.05, 3.63) is 72.7 Å². The smallest absolute Gasteiger partial charge is 0.222 e. The van der Waals surface area contributed by atoms with E-state index < -0.39 is 0 Å². The molecule has 0 fully saturated rings. The maximum Gasteiger partial charge on any atom is 0.222 e. The van der Waals surface area contributed by atoms with Gasteiger partial charge in [0.2, 0.25) is 5.88 Å². The van der Waals surface area contributed by atoms with Gasteiger partial charge in [0.05, 0.1) is 11.6 Å². The molecule has 0 saturated carbocycles. The summed E-state index contributed by atoms with van der Waals surface area (Å²) >= 11 is 0. The average molecular weight is 289 g/mol. The summed E-state index contributed by atoms with van der Waals surface area (Å²) < 4.78 is 11.4. The zero-order valence-corrected chi connectivity index (χ0v) is 11.5. The predicted molar refractivity (Wildman–Crippen MR) is 79.8 cm³/mol. The Bertz CT molecular complexity index is 739. The molecule has 0 N–H and O–H groups in total. The molecule has 1 aromatic heterocycles. The van der Waals surface area contributed by atoms with E-state index >= 15 is 0 Å². The highest BCUT2D eigenvalue weighted by Gasteiger charge is 2.06. The Labute approximate surface area is 127 Å². The van der Waals surface area contributed by atoms with Crippen molar-refractivity contribution >= 4 is 0 Å². The topological polar surface area (TPSA) is 68.0 Å². The highest BCUT2D eigenvalue weighted by molar-refractivity contribution is 5.46. The molecule has 0 aliphatic carbocycles. The van der Waals surface area contributed by atoms with Gasteiger partial charge in [-0.3, -0.25) is 0 Å². The molecule has 5 nitrogen and oxygen atoms in total. The number of nitrogens with zero attached hydrogens (tertiary/aromatic N) is 3. The van der Waals surface area contributed by atoms with E-state index in [-0.39, 0.29) is 0 Å². The largest absolute Gasteiger partial charge is 0.457 e. The van der Waals surface area contributed by atoms with Gasteiger partial charge in [0.25, 0.3) is 0 Å². The first-order valence-electron chi connectivity index (χ1n) is 6.55. The van der Waals surface area contributed by atoms with Crippen LogP contribution in [0.3, 0.4) is 0 Å². The molecule has 0 aliphatic heterocycles. The third kappa shape index (κ3) is 3.38. The number of benzene rings is 2. The quantitative estimate of drug-likeness (QED) is 0.727. The van der Waals surface area contributed by atoms with Crippen molar-refractivity contribution in [1.29, 1.82) is 5.26 Å². The summed E-state index contributed by atoms with van der Waals surface area (Å²) in [6, 6.07) is 18.0. The lowest BCUT2D eigenvalue weighted by Gasteiger charge is -2.09. The van der Waals surface area contributed by atoms with E-state index in [1.807, 2.05) is 30.3 Å². The first-order valence-corrected chi connectivity index (χ1v) is 6.55. The van der Waals surface area contributed by atoms with Gasteiger partial charge in [-0.05, 0) is 24.3 Å². The number of para-hydroxylation sites is 1. The third-order valence-electron chi connectivity index (χ3n) is 2.77. The summed E-state index contributed by atoms with van der Waals surface area (Å²) in [4.78, 5) is 7.81. The molecule has 0 bridgehead atoms. The second-order valence-corrected chi connectivity index (χ2v) is 4.37. The zero-order valence-electron chi connectivity index (χ0n) is 11.5. The molecule has 0 amide bonds. The summed E-state index contributed by atoms with van der Waals surface area (Å²) in [6.07, 6.45) is 2.97. The van der Waals surface area contributed by atoms with Crippen molar-refractivity contribution in [2.24, 2.45) is 0 Å². The van der Waals surface area contributed by atoms with Crippen LogP contribution in [0, 0.1) is 11.3 Å². The van der Waals surface area contributed by atoms with Crippen molar-refractivity contribution in [1.82, 2.24) is 9.97 Å². The molecule has 3 aromatic rings. The third-order valence-corrected chi connectivity index (χ3v) is 2.77. The van der Waals surface area contributed by atoms with Gasteiger partial charge < -0.3 is 9.47 Å². The van der Waals surface area contributed by atoms with Crippen LogP contribution in [0.15, 0.2) is 67.1 Å². The first kappa shape index (κ1) is 13.6. The molecule has 106 valence electrons. The fourth-order valence-electron chi connectivity index (χ4n) is 1.84. The lowest BCUT2D eigenvalue weighted by Crippen LogP contribution is -1.91. The number of hydrogen-bond donors (Lipinski definition) is 0. The molecule has 0 atom stereocenters. The highest BCUT2D eigenvalue weighted by Crippen LogP contribution is 2.29. The molecular formula is C17H11N3O2. The lowest BCUT2D eigenvalue weighted by molar-refractivity contribution is 0.448. The lowest BCUT2D eigenvalue weighted by atomic mass is 10.2. The Hall–Kier alpha value is -3.39. The van der Waals surface area contributed by atoms with Crippen LogP contribution in [0.25, 0.3) is 0 Å². The summed E-state index contributed by atoms with van der Waals surface area (Å²) in [5, 5.41) is 9.13. The van der Waals surface area contributed by atoms with Gasteiger partial charge in [0.1, 0.15) is 23.6 Å². The van der Waals surface area contributed by atoms with Crippen LogP contribution < -0.4 is 9.47 Å². The number of aromatic nitrogens is 2. The maximum atomic E-state index is 9.13. The SMILES string of the molecule is N#Cc1cc(Oc2ccccc2)cc(Oc2ccncn2)c1. The molecule has 0 radical (unpaired) electrons. The average Bonchev–Trinajstić information content (AvgIpc) is 2.56. The minimum atomic E-state index is 0.399. The molecule has 0 spiro atoms. The Morgan fingerprint density at radius 1 is 0.864 bits per heavy atom. The van der Waals surface area contributed by atoms with E-state index in [0.29, 0.717) is 28.7 Å². The molecule has 5 heteroatoms. The summed E-state index contributed by atoms with van der Waals surface area (Å²) in [5.41, 5.74) is 0.442. The summed E-state index contributed by atoms with van der Waals surface area (Å²) in [7, 11) is 0. The monoisotopic (exact) mass is 289 g/mol. The Morgan fingerprint density at radius 3 is 2.32 bits per heavy atom. The molecule has 22 heavy (non-hydrogen) atoms. The number of nitriles is 1. The van der Waals surface area contributed by atoms with Gasteiger partial charge in [-0.2, -0.15) is 5.26 Å². The second-order valence-electron chi connectivity index (χ2n) is 4.37. The van der Waals surface area contributed by atoms with E-state index in [2.05, 4.69) is 16.0 Å². The summed E-state index contributed by atoms with van der Waals surface area (Å²) in [5.74, 6) is 2.08. The standard InChI is InChI=1S/C17H11N3O2/c18-11-13-8-15(21-14-4-2-1-3-5-14)10-16(9-13)22-17-6-7-19-12-20-17/h1-10,12H. The molecule has 0 aliphatic rings. The molecule has 2 aromatic carbocycles. The Balaban J connectivity index is 1.88. The van der Waals surface area contributed by atoms with Gasteiger partial charge in [-0.1, -0.05) is 18.2 Å². The first-order chi connectivity index (χ1) is 10.8. The van der Waals surface area contributed by atoms with E-state index in [0.717, 1.165) is 0 Å². The molecular weight excluding hydrogens is 278 g/mol. The van der Waals surface area contributed by atoms with Crippen LogP contribution in [0.2, 0.25) is 0 Å². The molecule has 0 saturated heterocycles. The minimum Gasteiger partial charge on any atom is -0.457 e.